The van der Waals surface area contributed by atoms with E-state index < -0.39 is 5.97 Å². The summed E-state index contributed by atoms with van der Waals surface area (Å²) in [6, 6.07) is 6.35. The second kappa shape index (κ2) is 4.64. The second-order valence-corrected chi connectivity index (χ2v) is 4.53. The highest BCUT2D eigenvalue weighted by Gasteiger charge is 2.32. The van der Waals surface area contributed by atoms with Gasteiger partial charge in [0.2, 0.25) is 0 Å². The van der Waals surface area contributed by atoms with E-state index in [1.54, 1.807) is 12.1 Å². The van der Waals surface area contributed by atoms with E-state index in [2.05, 4.69) is 0 Å². The average molecular weight is 222 g/mol. The van der Waals surface area contributed by atoms with Crippen molar-refractivity contribution in [1.29, 1.82) is 0 Å². The minimum absolute atomic E-state index is 0.211. The van der Waals surface area contributed by atoms with Crippen molar-refractivity contribution in [3.63, 3.8) is 0 Å². The summed E-state index contributed by atoms with van der Waals surface area (Å²) in [7, 11) is 0. The Kier molecular flexibility index (Phi) is 3.22. The standard InChI is InChI=1S/C13H15FO2/c14-12-5-1-9(2-6-12)7-11(8-13(15)16)10-3-4-10/h1-2,5-6,10-11H,3-4,7-8H2,(H,15,16). The van der Waals surface area contributed by atoms with Crippen molar-refractivity contribution in [1.82, 2.24) is 0 Å². The number of carbonyl (C=O) groups is 1. The largest absolute Gasteiger partial charge is 0.481 e. The number of carboxylic acids is 1. The van der Waals surface area contributed by atoms with Crippen LogP contribution in [0.1, 0.15) is 24.8 Å². The van der Waals surface area contributed by atoms with Crippen LogP contribution in [0, 0.1) is 17.7 Å². The van der Waals surface area contributed by atoms with Crippen LogP contribution in [0.25, 0.3) is 0 Å². The zero-order valence-electron chi connectivity index (χ0n) is 9.03. The highest BCUT2D eigenvalue weighted by Crippen LogP contribution is 2.40. The highest BCUT2D eigenvalue weighted by molar-refractivity contribution is 5.67. The molecule has 1 aliphatic carbocycles. The summed E-state index contributed by atoms with van der Waals surface area (Å²) in [5.41, 5.74) is 1.03. The van der Waals surface area contributed by atoms with E-state index in [0.29, 0.717) is 5.92 Å². The fourth-order valence-electron chi connectivity index (χ4n) is 2.12. The van der Waals surface area contributed by atoms with Crippen molar-refractivity contribution in [3.8, 4) is 0 Å². The predicted octanol–water partition coefficient (Wildman–Crippen LogP) is 2.87. The zero-order chi connectivity index (χ0) is 11.5. The predicted molar refractivity (Wildman–Crippen MR) is 58.6 cm³/mol. The molecule has 0 bridgehead atoms. The van der Waals surface area contributed by atoms with E-state index in [1.165, 1.54) is 12.1 Å². The molecular formula is C13H15FO2. The first kappa shape index (κ1) is 11.1. The first-order chi connectivity index (χ1) is 7.65. The van der Waals surface area contributed by atoms with Gasteiger partial charge in [0.05, 0.1) is 0 Å². The van der Waals surface area contributed by atoms with Crippen molar-refractivity contribution in [2.45, 2.75) is 25.7 Å². The summed E-state index contributed by atoms with van der Waals surface area (Å²) >= 11 is 0. The number of hydrogen-bond acceptors (Lipinski definition) is 1. The SMILES string of the molecule is O=C(O)CC(Cc1ccc(F)cc1)C1CC1. The molecule has 1 aromatic carbocycles. The third kappa shape index (κ3) is 3.05. The van der Waals surface area contributed by atoms with Gasteiger partial charge >= 0.3 is 5.97 Å². The van der Waals surface area contributed by atoms with E-state index in [0.717, 1.165) is 24.8 Å². The fraction of sp³-hybridized carbons (Fsp3) is 0.462. The van der Waals surface area contributed by atoms with Crippen molar-refractivity contribution < 1.29 is 14.3 Å². The third-order valence-electron chi connectivity index (χ3n) is 3.14. The third-order valence-corrected chi connectivity index (χ3v) is 3.14. The Morgan fingerprint density at radius 1 is 1.38 bits per heavy atom. The normalized spacial score (nSPS) is 17.1. The molecule has 0 aliphatic heterocycles. The molecule has 1 aromatic rings. The molecule has 0 saturated heterocycles. The molecule has 0 aromatic heterocycles. The van der Waals surface area contributed by atoms with Crippen molar-refractivity contribution in [2.24, 2.45) is 11.8 Å². The zero-order valence-corrected chi connectivity index (χ0v) is 9.03. The van der Waals surface area contributed by atoms with Crippen molar-refractivity contribution in [3.05, 3.63) is 35.6 Å². The lowest BCUT2D eigenvalue weighted by atomic mass is 9.92. The molecule has 1 atom stereocenters. The van der Waals surface area contributed by atoms with Gasteiger partial charge in [-0.15, -0.1) is 0 Å². The summed E-state index contributed by atoms with van der Waals surface area (Å²) < 4.78 is 12.7. The van der Waals surface area contributed by atoms with E-state index in [1.807, 2.05) is 0 Å². The van der Waals surface area contributed by atoms with Gasteiger partial charge in [-0.1, -0.05) is 12.1 Å². The summed E-state index contributed by atoms with van der Waals surface area (Å²) in [5.74, 6) is -0.215. The van der Waals surface area contributed by atoms with Gasteiger partial charge in [0.15, 0.2) is 0 Å². The second-order valence-electron chi connectivity index (χ2n) is 4.53. The fourth-order valence-corrected chi connectivity index (χ4v) is 2.12. The molecule has 0 heterocycles. The smallest absolute Gasteiger partial charge is 0.303 e. The lowest BCUT2D eigenvalue weighted by Gasteiger charge is -2.13. The molecule has 1 aliphatic rings. The van der Waals surface area contributed by atoms with Crippen LogP contribution in [0.3, 0.4) is 0 Å². The topological polar surface area (TPSA) is 37.3 Å². The number of rotatable bonds is 5. The van der Waals surface area contributed by atoms with Crippen LogP contribution in [-0.2, 0) is 11.2 Å². The summed E-state index contributed by atoms with van der Waals surface area (Å²) in [6.45, 7) is 0. The Balaban J connectivity index is 1.99. The number of aliphatic carboxylic acids is 1. The molecule has 1 unspecified atom stereocenters. The van der Waals surface area contributed by atoms with Crippen LogP contribution >= 0.6 is 0 Å². The Morgan fingerprint density at radius 3 is 2.50 bits per heavy atom. The lowest BCUT2D eigenvalue weighted by molar-refractivity contribution is -0.138. The average Bonchev–Trinajstić information content (AvgIpc) is 3.03. The molecule has 1 saturated carbocycles. The van der Waals surface area contributed by atoms with Gasteiger partial charge < -0.3 is 5.11 Å². The molecule has 2 rings (SSSR count). The van der Waals surface area contributed by atoms with Gasteiger partial charge in [-0.05, 0) is 48.8 Å². The quantitative estimate of drug-likeness (QED) is 0.831. The van der Waals surface area contributed by atoms with Gasteiger partial charge in [-0.25, -0.2) is 4.39 Å². The van der Waals surface area contributed by atoms with Crippen LogP contribution in [0.15, 0.2) is 24.3 Å². The van der Waals surface area contributed by atoms with E-state index in [-0.39, 0.29) is 18.2 Å². The minimum Gasteiger partial charge on any atom is -0.481 e. The summed E-state index contributed by atoms with van der Waals surface area (Å²) in [5, 5.41) is 8.82. The molecule has 16 heavy (non-hydrogen) atoms. The first-order valence-electron chi connectivity index (χ1n) is 5.61. The Morgan fingerprint density at radius 2 is 2.00 bits per heavy atom. The maximum absolute atomic E-state index is 12.7. The van der Waals surface area contributed by atoms with Crippen LogP contribution in [0.4, 0.5) is 4.39 Å². The minimum atomic E-state index is -0.737. The van der Waals surface area contributed by atoms with E-state index >= 15 is 0 Å². The lowest BCUT2D eigenvalue weighted by Crippen LogP contribution is -2.12. The Hall–Kier alpha value is -1.38. The van der Waals surface area contributed by atoms with Crippen LogP contribution < -0.4 is 0 Å². The summed E-state index contributed by atoms with van der Waals surface area (Å²) in [6.07, 6.45) is 3.25. The Bertz CT molecular complexity index is 368. The van der Waals surface area contributed by atoms with Crippen molar-refractivity contribution in [2.75, 3.05) is 0 Å². The maximum Gasteiger partial charge on any atom is 0.303 e. The molecule has 0 radical (unpaired) electrons. The van der Waals surface area contributed by atoms with Gasteiger partial charge in [0.25, 0.3) is 0 Å². The van der Waals surface area contributed by atoms with Crippen LogP contribution in [0.2, 0.25) is 0 Å². The molecule has 1 N–H and O–H groups in total. The number of halogens is 1. The molecule has 0 amide bonds. The number of hydrogen-bond donors (Lipinski definition) is 1. The molecular weight excluding hydrogens is 207 g/mol. The van der Waals surface area contributed by atoms with E-state index in [4.69, 9.17) is 5.11 Å². The Labute approximate surface area is 94.1 Å². The highest BCUT2D eigenvalue weighted by atomic mass is 19.1. The van der Waals surface area contributed by atoms with E-state index in [9.17, 15) is 9.18 Å². The maximum atomic E-state index is 12.7. The summed E-state index contributed by atoms with van der Waals surface area (Å²) in [4.78, 5) is 10.7. The first-order valence-corrected chi connectivity index (χ1v) is 5.61. The molecule has 2 nitrogen and oxygen atoms in total. The number of carboxylic acid groups (broad SMARTS) is 1. The molecule has 3 heteroatoms. The van der Waals surface area contributed by atoms with Gasteiger partial charge in [-0.2, -0.15) is 0 Å². The van der Waals surface area contributed by atoms with Crippen molar-refractivity contribution >= 4 is 5.97 Å². The van der Waals surface area contributed by atoms with Gasteiger partial charge in [-0.3, -0.25) is 4.79 Å². The van der Waals surface area contributed by atoms with Gasteiger partial charge in [0.1, 0.15) is 5.82 Å². The van der Waals surface area contributed by atoms with Crippen LogP contribution in [-0.4, -0.2) is 11.1 Å². The molecule has 86 valence electrons. The number of benzene rings is 1. The van der Waals surface area contributed by atoms with Gasteiger partial charge in [0, 0.05) is 6.42 Å². The van der Waals surface area contributed by atoms with Crippen LogP contribution in [0.5, 0.6) is 0 Å². The molecule has 0 spiro atoms. The molecule has 1 fully saturated rings. The monoisotopic (exact) mass is 222 g/mol.